The number of para-hydroxylation sites is 1. The Bertz CT molecular complexity index is 1350. The average molecular weight is 477 g/mol. The molecule has 3 heterocycles. The van der Waals surface area contributed by atoms with Crippen LogP contribution in [0.3, 0.4) is 0 Å². The summed E-state index contributed by atoms with van der Waals surface area (Å²) in [4.78, 5) is 14.4. The van der Waals surface area contributed by atoms with Crippen LogP contribution in [0, 0.1) is 0 Å². The number of benzene rings is 2. The molecule has 2 aliphatic heterocycles. The Morgan fingerprint density at radius 1 is 1.03 bits per heavy atom. The molecule has 11 heteroatoms. The average Bonchev–Trinajstić information content (AvgIpc) is 3.17. The highest BCUT2D eigenvalue weighted by atomic mass is 32.2. The van der Waals surface area contributed by atoms with E-state index in [1.807, 2.05) is 0 Å². The van der Waals surface area contributed by atoms with Gasteiger partial charge in [-0.25, -0.2) is 13.1 Å². The van der Waals surface area contributed by atoms with Crippen LogP contribution in [0.5, 0.6) is 0 Å². The highest BCUT2D eigenvalue weighted by molar-refractivity contribution is 7.90. The summed E-state index contributed by atoms with van der Waals surface area (Å²) in [6.45, 7) is 1.39. The van der Waals surface area contributed by atoms with Gasteiger partial charge in [-0.2, -0.15) is 18.3 Å². The third kappa shape index (κ3) is 3.70. The number of fused-ring (bicyclic) bond motifs is 3. The summed E-state index contributed by atoms with van der Waals surface area (Å²) >= 11 is 0. The van der Waals surface area contributed by atoms with Crippen molar-refractivity contribution in [2.75, 3.05) is 26.3 Å². The van der Waals surface area contributed by atoms with Gasteiger partial charge in [0.15, 0.2) is 15.5 Å². The lowest BCUT2D eigenvalue weighted by atomic mass is 10.0. The predicted octanol–water partition coefficient (Wildman–Crippen LogP) is 3.32. The molecule has 0 aliphatic carbocycles. The Balaban J connectivity index is 1.75. The van der Waals surface area contributed by atoms with Gasteiger partial charge in [0.05, 0.1) is 40.8 Å². The molecule has 2 aromatic carbocycles. The second-order valence-corrected chi connectivity index (χ2v) is 9.75. The lowest BCUT2D eigenvalue weighted by Crippen LogP contribution is -2.41. The smallest absolute Gasteiger partial charge is 0.378 e. The van der Waals surface area contributed by atoms with E-state index in [9.17, 15) is 26.4 Å². The van der Waals surface area contributed by atoms with Crippen LogP contribution in [-0.2, 0) is 26.5 Å². The van der Waals surface area contributed by atoms with Crippen molar-refractivity contribution in [3.05, 3.63) is 65.4 Å². The molecule has 1 aromatic heterocycles. The van der Waals surface area contributed by atoms with Gasteiger partial charge in [-0.15, -0.1) is 0 Å². The number of alkyl halides is 3. The first kappa shape index (κ1) is 21.7. The molecular formula is C22H18F3N3O4S. The van der Waals surface area contributed by atoms with Crippen LogP contribution in [0.25, 0.3) is 16.9 Å². The number of amides is 1. The summed E-state index contributed by atoms with van der Waals surface area (Å²) in [6, 6.07) is 11.4. The number of morpholine rings is 1. The molecule has 0 bridgehead atoms. The third-order valence-corrected chi connectivity index (χ3v) is 7.40. The minimum Gasteiger partial charge on any atom is -0.378 e. The minimum absolute atomic E-state index is 0.0233. The zero-order valence-electron chi connectivity index (χ0n) is 17.2. The van der Waals surface area contributed by atoms with E-state index in [0.29, 0.717) is 43.8 Å². The Hall–Kier alpha value is -3.18. The molecule has 0 spiro atoms. The van der Waals surface area contributed by atoms with E-state index in [4.69, 9.17) is 4.74 Å². The molecule has 172 valence electrons. The van der Waals surface area contributed by atoms with Crippen molar-refractivity contribution >= 4 is 15.7 Å². The SMILES string of the molecule is O=C(c1nn(-c2ccccc2)c2c1CS(=O)(=O)c1cc(C(F)(F)F)ccc1-2)N1CCOCC1. The van der Waals surface area contributed by atoms with Gasteiger partial charge in [-0.05, 0) is 24.3 Å². The van der Waals surface area contributed by atoms with Crippen LogP contribution in [0.15, 0.2) is 53.4 Å². The quantitative estimate of drug-likeness (QED) is 0.566. The van der Waals surface area contributed by atoms with Crippen LogP contribution in [-0.4, -0.2) is 55.3 Å². The molecular weight excluding hydrogens is 459 g/mol. The van der Waals surface area contributed by atoms with Crippen molar-refractivity contribution in [1.29, 1.82) is 0 Å². The van der Waals surface area contributed by atoms with E-state index >= 15 is 0 Å². The van der Waals surface area contributed by atoms with Gasteiger partial charge >= 0.3 is 6.18 Å². The number of nitrogens with zero attached hydrogens (tertiary/aromatic N) is 3. The Morgan fingerprint density at radius 2 is 1.73 bits per heavy atom. The van der Waals surface area contributed by atoms with Crippen molar-refractivity contribution in [2.45, 2.75) is 16.8 Å². The number of aromatic nitrogens is 2. The second-order valence-electron chi connectivity index (χ2n) is 7.80. The second kappa shape index (κ2) is 7.70. The fraction of sp³-hybridized carbons (Fsp3) is 0.273. The molecule has 7 nitrogen and oxygen atoms in total. The molecule has 3 aromatic rings. The largest absolute Gasteiger partial charge is 0.416 e. The van der Waals surface area contributed by atoms with Crippen molar-refractivity contribution in [3.8, 4) is 16.9 Å². The Morgan fingerprint density at radius 3 is 2.39 bits per heavy atom. The van der Waals surface area contributed by atoms with Crippen molar-refractivity contribution in [3.63, 3.8) is 0 Å². The van der Waals surface area contributed by atoms with Crippen molar-refractivity contribution in [2.24, 2.45) is 0 Å². The van der Waals surface area contributed by atoms with E-state index in [0.717, 1.165) is 12.1 Å². The first-order valence-corrected chi connectivity index (χ1v) is 11.8. The first-order valence-electron chi connectivity index (χ1n) is 10.2. The number of hydrogen-bond acceptors (Lipinski definition) is 5. The zero-order valence-corrected chi connectivity index (χ0v) is 18.0. The number of carbonyl (C=O) groups excluding carboxylic acids is 1. The standard InChI is InChI=1S/C22H18F3N3O4S/c23-22(24,25)14-6-7-16-18(12-14)33(30,31)13-17-19(21(29)27-8-10-32-11-9-27)26-28(20(16)17)15-4-2-1-3-5-15/h1-7,12H,8-11,13H2. The topological polar surface area (TPSA) is 81.5 Å². The maximum Gasteiger partial charge on any atom is 0.416 e. The van der Waals surface area contributed by atoms with Gasteiger partial charge in [-0.3, -0.25) is 4.79 Å². The summed E-state index contributed by atoms with van der Waals surface area (Å²) in [5.74, 6) is -1.05. The van der Waals surface area contributed by atoms with Gasteiger partial charge < -0.3 is 9.64 Å². The van der Waals surface area contributed by atoms with Gasteiger partial charge in [0, 0.05) is 24.2 Å². The molecule has 1 amide bonds. The predicted molar refractivity (Wildman–Crippen MR) is 112 cm³/mol. The zero-order chi connectivity index (χ0) is 23.4. The van der Waals surface area contributed by atoms with Crippen molar-refractivity contribution < 1.29 is 31.1 Å². The fourth-order valence-corrected chi connectivity index (χ4v) is 5.74. The van der Waals surface area contributed by atoms with Crippen LogP contribution in [0.4, 0.5) is 13.2 Å². The maximum absolute atomic E-state index is 13.3. The van der Waals surface area contributed by atoms with E-state index in [2.05, 4.69) is 5.10 Å². The summed E-state index contributed by atoms with van der Waals surface area (Å²) in [7, 11) is -4.14. The molecule has 0 atom stereocenters. The molecule has 5 rings (SSSR count). The minimum atomic E-state index is -4.69. The molecule has 0 N–H and O–H groups in total. The fourth-order valence-electron chi connectivity index (χ4n) is 4.13. The summed E-state index contributed by atoms with van der Waals surface area (Å²) in [5, 5.41) is 4.47. The lowest BCUT2D eigenvalue weighted by molar-refractivity contribution is -0.137. The van der Waals surface area contributed by atoms with Gasteiger partial charge in [0.2, 0.25) is 0 Å². The first-order chi connectivity index (χ1) is 15.7. The number of carbonyl (C=O) groups is 1. The summed E-state index contributed by atoms with van der Waals surface area (Å²) in [5.41, 5.74) is 0.0501. The van der Waals surface area contributed by atoms with Gasteiger partial charge in [0.1, 0.15) is 0 Å². The number of ether oxygens (including phenoxy) is 1. The van der Waals surface area contributed by atoms with Crippen LogP contribution >= 0.6 is 0 Å². The Labute approximate surface area is 187 Å². The molecule has 1 saturated heterocycles. The van der Waals surface area contributed by atoms with Gasteiger partial charge in [-0.1, -0.05) is 24.3 Å². The van der Waals surface area contributed by atoms with Crippen LogP contribution in [0.2, 0.25) is 0 Å². The lowest BCUT2D eigenvalue weighted by Gasteiger charge is -2.26. The highest BCUT2D eigenvalue weighted by Gasteiger charge is 2.40. The molecule has 0 unspecified atom stereocenters. The third-order valence-electron chi connectivity index (χ3n) is 5.72. The van der Waals surface area contributed by atoms with Crippen LogP contribution < -0.4 is 0 Å². The number of halogens is 3. The Kier molecular flexibility index (Phi) is 5.05. The maximum atomic E-state index is 13.3. The monoisotopic (exact) mass is 477 g/mol. The molecule has 0 saturated carbocycles. The molecule has 33 heavy (non-hydrogen) atoms. The van der Waals surface area contributed by atoms with E-state index in [1.165, 1.54) is 9.58 Å². The van der Waals surface area contributed by atoms with Gasteiger partial charge in [0.25, 0.3) is 5.91 Å². The summed E-state index contributed by atoms with van der Waals surface area (Å²) < 4.78 is 72.7. The van der Waals surface area contributed by atoms with E-state index < -0.39 is 38.1 Å². The van der Waals surface area contributed by atoms with E-state index in [-0.39, 0.29) is 16.8 Å². The molecule has 2 aliphatic rings. The molecule has 0 radical (unpaired) electrons. The van der Waals surface area contributed by atoms with Crippen molar-refractivity contribution in [1.82, 2.24) is 14.7 Å². The normalized spacial score (nSPS) is 17.4. The summed E-state index contributed by atoms with van der Waals surface area (Å²) in [6.07, 6.45) is -4.69. The van der Waals surface area contributed by atoms with Crippen LogP contribution in [0.1, 0.15) is 21.6 Å². The number of hydrogen-bond donors (Lipinski definition) is 0. The number of sulfone groups is 1. The number of rotatable bonds is 2. The molecule has 1 fully saturated rings. The van der Waals surface area contributed by atoms with E-state index in [1.54, 1.807) is 30.3 Å². The highest BCUT2D eigenvalue weighted by Crippen LogP contribution is 2.43.